The van der Waals surface area contributed by atoms with Crippen molar-refractivity contribution in [1.82, 2.24) is 0 Å². The van der Waals surface area contributed by atoms with Gasteiger partial charge in [0.05, 0.1) is 12.2 Å². The molecular weight excluding hydrogens is 216 g/mol. The first-order chi connectivity index (χ1) is 8.24. The molecule has 92 valence electrons. The predicted octanol–water partition coefficient (Wildman–Crippen LogP) is 2.40. The van der Waals surface area contributed by atoms with Crippen molar-refractivity contribution in [1.29, 1.82) is 0 Å². The summed E-state index contributed by atoms with van der Waals surface area (Å²) in [6, 6.07) is 10.2. The Kier molecular flexibility index (Phi) is 6.04. The predicted molar refractivity (Wildman–Crippen MR) is 66.8 cm³/mol. The number of carboxylic acid groups (broad SMARTS) is 1. The van der Waals surface area contributed by atoms with Gasteiger partial charge in [0.15, 0.2) is 0 Å². The van der Waals surface area contributed by atoms with Gasteiger partial charge in [-0.2, -0.15) is 0 Å². The van der Waals surface area contributed by atoms with E-state index in [0.717, 1.165) is 19.3 Å². The Bertz CT molecular complexity index is 368. The smallest absolute Gasteiger partial charge is 0.333 e. The highest BCUT2D eigenvalue weighted by molar-refractivity contribution is 5.86. The van der Waals surface area contributed by atoms with Crippen LogP contribution in [0, 0.1) is 0 Å². The van der Waals surface area contributed by atoms with Crippen LogP contribution in [-0.4, -0.2) is 22.8 Å². The summed E-state index contributed by atoms with van der Waals surface area (Å²) in [5, 5.41) is 17.5. The normalized spacial score (nSPS) is 11.5. The molecule has 0 atom stereocenters. The molecule has 0 heterocycles. The molecule has 0 saturated heterocycles. The summed E-state index contributed by atoms with van der Waals surface area (Å²) in [4.78, 5) is 10.6. The topological polar surface area (TPSA) is 57.5 Å². The third-order valence-electron chi connectivity index (χ3n) is 2.60. The first-order valence-electron chi connectivity index (χ1n) is 5.81. The quantitative estimate of drug-likeness (QED) is 0.562. The zero-order chi connectivity index (χ0) is 12.5. The van der Waals surface area contributed by atoms with E-state index in [2.05, 4.69) is 12.1 Å². The van der Waals surface area contributed by atoms with Crippen LogP contribution in [0.1, 0.15) is 24.8 Å². The molecule has 0 amide bonds. The molecule has 0 aromatic heterocycles. The van der Waals surface area contributed by atoms with Gasteiger partial charge in [-0.15, -0.1) is 0 Å². The van der Waals surface area contributed by atoms with Gasteiger partial charge in [0.25, 0.3) is 0 Å². The maximum absolute atomic E-state index is 10.6. The van der Waals surface area contributed by atoms with Crippen molar-refractivity contribution in [3.05, 3.63) is 47.5 Å². The zero-order valence-electron chi connectivity index (χ0n) is 9.80. The molecule has 3 nitrogen and oxygen atoms in total. The number of hydrogen-bond acceptors (Lipinski definition) is 2. The lowest BCUT2D eigenvalue weighted by molar-refractivity contribution is -0.133. The summed E-state index contributed by atoms with van der Waals surface area (Å²) in [6.45, 7) is -0.395. The van der Waals surface area contributed by atoms with E-state index in [1.807, 2.05) is 18.2 Å². The molecule has 1 aromatic rings. The first-order valence-corrected chi connectivity index (χ1v) is 5.81. The Morgan fingerprint density at radius 2 is 1.88 bits per heavy atom. The van der Waals surface area contributed by atoms with E-state index in [4.69, 9.17) is 10.2 Å². The minimum Gasteiger partial charge on any atom is -0.478 e. The lowest BCUT2D eigenvalue weighted by Crippen LogP contribution is -2.04. The van der Waals surface area contributed by atoms with Gasteiger partial charge in [0, 0.05) is 0 Å². The molecule has 17 heavy (non-hydrogen) atoms. The molecule has 0 spiro atoms. The van der Waals surface area contributed by atoms with E-state index in [9.17, 15) is 4.79 Å². The molecule has 0 bridgehead atoms. The fourth-order valence-electron chi connectivity index (χ4n) is 1.61. The standard InChI is InChI=1S/C14H18O3/c15-11-13(14(16)17)10-6-2-5-9-12-7-3-1-4-8-12/h1,3-4,7-8,10,15H,2,5-6,9,11H2,(H,16,17)/b13-10+. The van der Waals surface area contributed by atoms with E-state index in [0.29, 0.717) is 6.42 Å². The lowest BCUT2D eigenvalue weighted by Gasteiger charge is -2.00. The van der Waals surface area contributed by atoms with Crippen LogP contribution in [0.5, 0.6) is 0 Å². The molecule has 0 aliphatic heterocycles. The van der Waals surface area contributed by atoms with Crippen molar-refractivity contribution >= 4 is 5.97 Å². The van der Waals surface area contributed by atoms with Crippen molar-refractivity contribution in [2.75, 3.05) is 6.61 Å². The summed E-state index contributed by atoms with van der Waals surface area (Å²) >= 11 is 0. The monoisotopic (exact) mass is 234 g/mol. The van der Waals surface area contributed by atoms with Crippen LogP contribution in [-0.2, 0) is 11.2 Å². The van der Waals surface area contributed by atoms with Gasteiger partial charge in [-0.05, 0) is 31.2 Å². The van der Waals surface area contributed by atoms with Gasteiger partial charge >= 0.3 is 5.97 Å². The number of aliphatic carboxylic acids is 1. The molecule has 2 N–H and O–H groups in total. The van der Waals surface area contributed by atoms with E-state index >= 15 is 0 Å². The number of aliphatic hydroxyl groups is 1. The molecule has 0 saturated carbocycles. The van der Waals surface area contributed by atoms with Crippen LogP contribution in [0.4, 0.5) is 0 Å². The summed E-state index contributed by atoms with van der Waals surface area (Å²) in [7, 11) is 0. The van der Waals surface area contributed by atoms with Crippen molar-refractivity contribution in [2.24, 2.45) is 0 Å². The molecule has 1 aromatic carbocycles. The van der Waals surface area contributed by atoms with Crippen LogP contribution in [0.3, 0.4) is 0 Å². The Labute approximate surface area is 101 Å². The van der Waals surface area contributed by atoms with Crippen LogP contribution in [0.15, 0.2) is 42.0 Å². The number of allylic oxidation sites excluding steroid dienone is 1. The summed E-state index contributed by atoms with van der Waals surface area (Å²) < 4.78 is 0. The Hall–Kier alpha value is -1.61. The number of aryl methyl sites for hydroxylation is 1. The highest BCUT2D eigenvalue weighted by atomic mass is 16.4. The molecule has 0 aliphatic carbocycles. The lowest BCUT2D eigenvalue weighted by atomic mass is 10.1. The fourth-order valence-corrected chi connectivity index (χ4v) is 1.61. The van der Waals surface area contributed by atoms with Crippen molar-refractivity contribution in [3.8, 4) is 0 Å². The number of carbonyl (C=O) groups is 1. The minimum absolute atomic E-state index is 0.0877. The van der Waals surface area contributed by atoms with Gasteiger partial charge in [0.2, 0.25) is 0 Å². The maximum atomic E-state index is 10.6. The molecule has 0 radical (unpaired) electrons. The van der Waals surface area contributed by atoms with Gasteiger partial charge in [-0.3, -0.25) is 0 Å². The van der Waals surface area contributed by atoms with E-state index in [1.54, 1.807) is 6.08 Å². The van der Waals surface area contributed by atoms with Crippen LogP contribution in [0.25, 0.3) is 0 Å². The van der Waals surface area contributed by atoms with Gasteiger partial charge in [0.1, 0.15) is 0 Å². The molecular formula is C14H18O3. The Morgan fingerprint density at radius 3 is 2.47 bits per heavy atom. The third kappa shape index (κ3) is 5.31. The van der Waals surface area contributed by atoms with Gasteiger partial charge < -0.3 is 10.2 Å². The number of aliphatic hydroxyl groups excluding tert-OH is 1. The SMILES string of the molecule is O=C(O)/C(=C/CCCCc1ccccc1)CO. The van der Waals surface area contributed by atoms with E-state index in [-0.39, 0.29) is 5.57 Å². The van der Waals surface area contributed by atoms with Crippen molar-refractivity contribution in [3.63, 3.8) is 0 Å². The van der Waals surface area contributed by atoms with Crippen LogP contribution >= 0.6 is 0 Å². The number of rotatable bonds is 7. The molecule has 0 aliphatic rings. The summed E-state index contributed by atoms with van der Waals surface area (Å²) in [6.07, 6.45) is 5.28. The average Bonchev–Trinajstić information content (AvgIpc) is 2.34. The summed E-state index contributed by atoms with van der Waals surface area (Å²) in [5.74, 6) is -1.03. The molecule has 0 unspecified atom stereocenters. The third-order valence-corrected chi connectivity index (χ3v) is 2.60. The van der Waals surface area contributed by atoms with Crippen LogP contribution in [0.2, 0.25) is 0 Å². The number of unbranched alkanes of at least 4 members (excludes halogenated alkanes) is 2. The zero-order valence-corrected chi connectivity index (χ0v) is 9.80. The second-order valence-corrected chi connectivity index (χ2v) is 3.92. The Morgan fingerprint density at radius 1 is 1.18 bits per heavy atom. The van der Waals surface area contributed by atoms with Gasteiger partial charge in [-0.25, -0.2) is 4.79 Å². The average molecular weight is 234 g/mol. The van der Waals surface area contributed by atoms with Crippen molar-refractivity contribution in [2.45, 2.75) is 25.7 Å². The largest absolute Gasteiger partial charge is 0.478 e. The second kappa shape index (κ2) is 7.63. The summed E-state index contributed by atoms with van der Waals surface area (Å²) in [5.41, 5.74) is 1.39. The molecule has 0 fully saturated rings. The highest BCUT2D eigenvalue weighted by Crippen LogP contribution is 2.07. The van der Waals surface area contributed by atoms with Crippen LogP contribution < -0.4 is 0 Å². The van der Waals surface area contributed by atoms with Gasteiger partial charge in [-0.1, -0.05) is 36.4 Å². The fraction of sp³-hybridized carbons (Fsp3) is 0.357. The maximum Gasteiger partial charge on any atom is 0.333 e. The molecule has 1 rings (SSSR count). The number of hydrogen-bond donors (Lipinski definition) is 2. The second-order valence-electron chi connectivity index (χ2n) is 3.92. The first kappa shape index (κ1) is 13.5. The minimum atomic E-state index is -1.03. The number of benzene rings is 1. The number of carboxylic acids is 1. The Balaban J connectivity index is 2.23. The van der Waals surface area contributed by atoms with Crippen molar-refractivity contribution < 1.29 is 15.0 Å². The van der Waals surface area contributed by atoms with E-state index < -0.39 is 12.6 Å². The molecule has 3 heteroatoms. The highest BCUT2D eigenvalue weighted by Gasteiger charge is 2.03. The van der Waals surface area contributed by atoms with E-state index in [1.165, 1.54) is 5.56 Å².